The molecule has 0 saturated carbocycles. The van der Waals surface area contributed by atoms with Gasteiger partial charge in [0.05, 0.1) is 16.8 Å². The maximum absolute atomic E-state index is 6.47. The summed E-state index contributed by atoms with van der Waals surface area (Å²) in [5.41, 5.74) is 7.04. The summed E-state index contributed by atoms with van der Waals surface area (Å²) in [6.45, 7) is 0. The van der Waals surface area contributed by atoms with Gasteiger partial charge >= 0.3 is 0 Å². The van der Waals surface area contributed by atoms with E-state index in [9.17, 15) is 0 Å². The first-order valence-corrected chi connectivity index (χ1v) is 14.7. The lowest BCUT2D eigenvalue weighted by Gasteiger charge is -2.27. The first kappa shape index (κ1) is 23.3. The van der Waals surface area contributed by atoms with Gasteiger partial charge in [-0.2, -0.15) is 0 Å². The predicted octanol–water partition coefficient (Wildman–Crippen LogP) is 11.2. The molecular formula is C37H22N2O2S. The van der Waals surface area contributed by atoms with Crippen molar-refractivity contribution in [1.82, 2.24) is 4.98 Å². The third-order valence-electron chi connectivity index (χ3n) is 7.88. The molecule has 0 aliphatic carbocycles. The maximum Gasteiger partial charge on any atom is 0.227 e. The quantitative estimate of drug-likeness (QED) is 0.215. The number of anilines is 3. The molecule has 0 bridgehead atoms. The number of nitrogens with zero attached hydrogens (tertiary/aromatic N) is 2. The van der Waals surface area contributed by atoms with Crippen LogP contribution in [0.5, 0.6) is 0 Å². The Balaban J connectivity index is 1.47. The first-order valence-electron chi connectivity index (χ1n) is 13.9. The molecule has 9 rings (SSSR count). The molecule has 0 radical (unpaired) electrons. The molecule has 9 aromatic rings. The van der Waals surface area contributed by atoms with Crippen LogP contribution in [0.4, 0.5) is 17.1 Å². The number of fused-ring (bicyclic) bond motifs is 7. The van der Waals surface area contributed by atoms with Gasteiger partial charge in [-0.1, -0.05) is 78.9 Å². The zero-order valence-corrected chi connectivity index (χ0v) is 23.1. The van der Waals surface area contributed by atoms with Crippen LogP contribution < -0.4 is 4.90 Å². The van der Waals surface area contributed by atoms with E-state index < -0.39 is 0 Å². The molecule has 4 nitrogen and oxygen atoms in total. The summed E-state index contributed by atoms with van der Waals surface area (Å²) in [6, 6.07) is 46.0. The molecule has 0 aliphatic heterocycles. The van der Waals surface area contributed by atoms with Crippen LogP contribution in [0.25, 0.3) is 64.7 Å². The van der Waals surface area contributed by atoms with Crippen molar-refractivity contribution in [2.75, 3.05) is 4.90 Å². The molecule has 0 atom stereocenters. The number of hydrogen-bond acceptors (Lipinski definition) is 5. The summed E-state index contributed by atoms with van der Waals surface area (Å²) < 4.78 is 15.4. The van der Waals surface area contributed by atoms with Crippen LogP contribution in [0, 0.1) is 0 Å². The Morgan fingerprint density at radius 1 is 0.548 bits per heavy atom. The Morgan fingerprint density at radius 2 is 1.26 bits per heavy atom. The van der Waals surface area contributed by atoms with Crippen LogP contribution >= 0.6 is 11.3 Å². The Kier molecular flexibility index (Phi) is 5.03. The molecule has 198 valence electrons. The van der Waals surface area contributed by atoms with Crippen molar-refractivity contribution in [2.45, 2.75) is 0 Å². The fourth-order valence-corrected chi connectivity index (χ4v) is 7.20. The molecule has 5 heteroatoms. The monoisotopic (exact) mass is 558 g/mol. The van der Waals surface area contributed by atoms with Gasteiger partial charge in [0.15, 0.2) is 5.58 Å². The van der Waals surface area contributed by atoms with Gasteiger partial charge in [0, 0.05) is 42.9 Å². The van der Waals surface area contributed by atoms with Crippen LogP contribution in [0.3, 0.4) is 0 Å². The van der Waals surface area contributed by atoms with Crippen LogP contribution in [-0.4, -0.2) is 4.98 Å². The SMILES string of the molecule is c1ccc(-c2nc3c(N(c4ccccc4)c4cccc5sc6ccccc6c45)c4c(cc3o2)oc2ccccc24)cc1. The summed E-state index contributed by atoms with van der Waals surface area (Å²) >= 11 is 1.82. The highest BCUT2D eigenvalue weighted by atomic mass is 32.1. The lowest BCUT2D eigenvalue weighted by Crippen LogP contribution is -2.11. The molecular weight excluding hydrogens is 536 g/mol. The van der Waals surface area contributed by atoms with Gasteiger partial charge in [-0.15, -0.1) is 11.3 Å². The number of furan rings is 1. The number of oxazole rings is 1. The Labute approximate surface area is 244 Å². The molecule has 3 aromatic heterocycles. The molecule has 3 heterocycles. The highest BCUT2D eigenvalue weighted by molar-refractivity contribution is 7.26. The second kappa shape index (κ2) is 9.06. The van der Waals surface area contributed by atoms with E-state index in [1.165, 1.54) is 20.2 Å². The predicted molar refractivity (Wildman–Crippen MR) is 174 cm³/mol. The average Bonchev–Trinajstić information content (AvgIpc) is 3.75. The average molecular weight is 559 g/mol. The summed E-state index contributed by atoms with van der Waals surface area (Å²) in [5, 5.41) is 4.50. The molecule has 0 unspecified atom stereocenters. The zero-order valence-electron chi connectivity index (χ0n) is 22.3. The molecule has 0 N–H and O–H groups in total. The van der Waals surface area contributed by atoms with Crippen molar-refractivity contribution in [3.05, 3.63) is 133 Å². The molecule has 42 heavy (non-hydrogen) atoms. The van der Waals surface area contributed by atoms with Crippen molar-refractivity contribution in [2.24, 2.45) is 0 Å². The number of thiophene rings is 1. The van der Waals surface area contributed by atoms with Crippen LogP contribution in [0.2, 0.25) is 0 Å². The third-order valence-corrected chi connectivity index (χ3v) is 9.02. The van der Waals surface area contributed by atoms with E-state index in [2.05, 4.69) is 89.8 Å². The molecule has 0 spiro atoms. The summed E-state index contributed by atoms with van der Waals surface area (Å²) in [6.07, 6.45) is 0. The normalized spacial score (nSPS) is 11.8. The largest absolute Gasteiger partial charge is 0.456 e. The standard InChI is InChI=1S/C37H22N2O2S/c1-3-12-23(13-4-1)37-38-35-30(41-37)22-29-34(25-16-7-9-19-28(25)40-29)36(35)39(24-14-5-2-6-15-24)27-18-11-21-32-33(27)26-17-8-10-20-31(26)42-32/h1-22H. The number of benzene rings is 6. The fraction of sp³-hybridized carbons (Fsp3) is 0. The second-order valence-corrected chi connectivity index (χ2v) is 11.4. The van der Waals surface area contributed by atoms with Crippen molar-refractivity contribution in [3.63, 3.8) is 0 Å². The highest BCUT2D eigenvalue weighted by Gasteiger charge is 2.27. The minimum atomic E-state index is 0.580. The number of rotatable bonds is 4. The van der Waals surface area contributed by atoms with Gasteiger partial charge < -0.3 is 13.7 Å². The highest BCUT2D eigenvalue weighted by Crippen LogP contribution is 2.50. The minimum Gasteiger partial charge on any atom is -0.456 e. The smallest absolute Gasteiger partial charge is 0.227 e. The van der Waals surface area contributed by atoms with E-state index in [0.29, 0.717) is 11.5 Å². The summed E-state index contributed by atoms with van der Waals surface area (Å²) in [4.78, 5) is 7.51. The fourth-order valence-electron chi connectivity index (χ4n) is 6.08. The zero-order chi connectivity index (χ0) is 27.6. The van der Waals surface area contributed by atoms with Gasteiger partial charge in [-0.25, -0.2) is 4.98 Å². The van der Waals surface area contributed by atoms with Gasteiger partial charge in [-0.05, 0) is 48.5 Å². The van der Waals surface area contributed by atoms with Gasteiger partial charge in [-0.3, -0.25) is 0 Å². The molecule has 0 fully saturated rings. The molecule has 0 saturated heterocycles. The van der Waals surface area contributed by atoms with Gasteiger partial charge in [0.1, 0.15) is 16.7 Å². The Bertz CT molecular complexity index is 2420. The number of aromatic nitrogens is 1. The second-order valence-electron chi connectivity index (χ2n) is 10.3. The van der Waals surface area contributed by atoms with Crippen molar-refractivity contribution in [1.29, 1.82) is 0 Å². The summed E-state index contributed by atoms with van der Waals surface area (Å²) in [5.74, 6) is 0.580. The lowest BCUT2D eigenvalue weighted by molar-refractivity contribution is 0.617. The Morgan fingerprint density at radius 3 is 2.12 bits per heavy atom. The topological polar surface area (TPSA) is 42.4 Å². The van der Waals surface area contributed by atoms with Crippen molar-refractivity contribution < 1.29 is 8.83 Å². The number of para-hydroxylation sites is 2. The summed E-state index contributed by atoms with van der Waals surface area (Å²) in [7, 11) is 0. The molecule has 0 amide bonds. The molecule has 0 aliphatic rings. The lowest BCUT2D eigenvalue weighted by atomic mass is 10.0. The van der Waals surface area contributed by atoms with Crippen LogP contribution in [0.1, 0.15) is 0 Å². The van der Waals surface area contributed by atoms with E-state index in [1.54, 1.807) is 0 Å². The van der Waals surface area contributed by atoms with Crippen LogP contribution in [-0.2, 0) is 0 Å². The maximum atomic E-state index is 6.47. The van der Waals surface area contributed by atoms with E-state index in [-0.39, 0.29) is 0 Å². The van der Waals surface area contributed by atoms with Gasteiger partial charge in [0.2, 0.25) is 5.89 Å². The van der Waals surface area contributed by atoms with Crippen molar-refractivity contribution >= 4 is 81.6 Å². The number of hydrogen-bond donors (Lipinski definition) is 0. The van der Waals surface area contributed by atoms with E-state index in [1.807, 2.05) is 59.9 Å². The minimum absolute atomic E-state index is 0.580. The van der Waals surface area contributed by atoms with E-state index in [4.69, 9.17) is 13.8 Å². The Hall–Kier alpha value is -5.39. The van der Waals surface area contributed by atoms with E-state index >= 15 is 0 Å². The van der Waals surface area contributed by atoms with E-state index in [0.717, 1.165) is 50.1 Å². The first-order chi connectivity index (χ1) is 20.8. The van der Waals surface area contributed by atoms with Crippen LogP contribution in [0.15, 0.2) is 142 Å². The van der Waals surface area contributed by atoms with Gasteiger partial charge in [0.25, 0.3) is 0 Å². The molecule has 6 aromatic carbocycles. The third kappa shape index (κ3) is 3.44. The van der Waals surface area contributed by atoms with Crippen molar-refractivity contribution in [3.8, 4) is 11.5 Å².